The monoisotopic (exact) mass is 299 g/mol. The molecule has 1 heterocycles. The molecule has 0 radical (unpaired) electrons. The molecule has 1 aromatic carbocycles. The molecule has 0 amide bonds. The highest BCUT2D eigenvalue weighted by atomic mass is 19.4. The molecule has 0 fully saturated rings. The fraction of sp³-hybridized carbons (Fsp3) is 0.333. The van der Waals surface area contributed by atoms with Gasteiger partial charge in [0, 0.05) is 6.54 Å². The zero-order valence-corrected chi connectivity index (χ0v) is 11.5. The van der Waals surface area contributed by atoms with Crippen molar-refractivity contribution in [3.63, 3.8) is 0 Å². The summed E-state index contributed by atoms with van der Waals surface area (Å²) in [5.41, 5.74) is -0.761. The summed E-state index contributed by atoms with van der Waals surface area (Å²) in [6, 6.07) is 8.79. The maximum absolute atomic E-state index is 12.8. The number of para-hydroxylation sites is 1. The Balaban J connectivity index is 1.89. The minimum atomic E-state index is -4.42. The van der Waals surface area contributed by atoms with Crippen LogP contribution in [0.5, 0.6) is 5.75 Å². The van der Waals surface area contributed by atoms with Crippen LogP contribution in [-0.4, -0.2) is 12.6 Å². The lowest BCUT2D eigenvalue weighted by Gasteiger charge is -2.18. The minimum Gasteiger partial charge on any atom is -0.489 e. The summed E-state index contributed by atoms with van der Waals surface area (Å²) in [4.78, 5) is 0. The summed E-state index contributed by atoms with van der Waals surface area (Å²) < 4.78 is 49.0. The number of nitrogens with one attached hydrogen (secondary N) is 1. The zero-order valence-electron chi connectivity index (χ0n) is 11.5. The minimum absolute atomic E-state index is 0.155. The number of halogens is 3. The second-order valence-corrected chi connectivity index (χ2v) is 4.63. The lowest BCUT2D eigenvalue weighted by Crippen LogP contribution is -2.29. The summed E-state index contributed by atoms with van der Waals surface area (Å²) >= 11 is 0. The molecule has 2 rings (SSSR count). The molecule has 2 aromatic rings. The first-order valence-electron chi connectivity index (χ1n) is 6.53. The highest BCUT2D eigenvalue weighted by molar-refractivity contribution is 5.35. The predicted octanol–water partition coefficient (Wildman–Crippen LogP) is 3.86. The quantitative estimate of drug-likeness (QED) is 0.879. The first-order valence-corrected chi connectivity index (χ1v) is 6.53. The van der Waals surface area contributed by atoms with E-state index in [1.54, 1.807) is 19.3 Å². The van der Waals surface area contributed by atoms with E-state index in [9.17, 15) is 13.2 Å². The number of rotatable bonds is 6. The Morgan fingerprint density at radius 3 is 2.62 bits per heavy atom. The van der Waals surface area contributed by atoms with Crippen molar-refractivity contribution >= 4 is 0 Å². The largest absolute Gasteiger partial charge is 0.489 e. The number of hydrogen-bond acceptors (Lipinski definition) is 3. The fourth-order valence-electron chi connectivity index (χ4n) is 1.87. The van der Waals surface area contributed by atoms with Crippen molar-refractivity contribution in [1.29, 1.82) is 0 Å². The number of alkyl halides is 3. The molecule has 1 unspecified atom stereocenters. The molecule has 0 saturated carbocycles. The zero-order chi connectivity index (χ0) is 15.3. The molecule has 0 aliphatic rings. The fourth-order valence-corrected chi connectivity index (χ4v) is 1.87. The van der Waals surface area contributed by atoms with Gasteiger partial charge in [-0.1, -0.05) is 12.1 Å². The smallest absolute Gasteiger partial charge is 0.419 e. The van der Waals surface area contributed by atoms with Crippen LogP contribution in [0.25, 0.3) is 0 Å². The van der Waals surface area contributed by atoms with E-state index in [4.69, 9.17) is 9.15 Å². The van der Waals surface area contributed by atoms with Crippen LogP contribution in [0.15, 0.2) is 47.1 Å². The highest BCUT2D eigenvalue weighted by Crippen LogP contribution is 2.36. The van der Waals surface area contributed by atoms with Crippen molar-refractivity contribution in [1.82, 2.24) is 5.32 Å². The van der Waals surface area contributed by atoms with Gasteiger partial charge in [-0.2, -0.15) is 13.2 Å². The molecule has 0 aliphatic carbocycles. The molecule has 1 aromatic heterocycles. The van der Waals surface area contributed by atoms with Gasteiger partial charge in [-0.05, 0) is 31.2 Å². The maximum Gasteiger partial charge on any atom is 0.419 e. The highest BCUT2D eigenvalue weighted by Gasteiger charge is 2.34. The van der Waals surface area contributed by atoms with E-state index in [0.717, 1.165) is 11.8 Å². The van der Waals surface area contributed by atoms with E-state index in [1.807, 2.05) is 6.07 Å². The van der Waals surface area contributed by atoms with Crippen LogP contribution in [0.1, 0.15) is 18.2 Å². The standard InChI is InChI=1S/C15H16F3NO2/c1-11(9-19-10-12-5-4-8-20-12)21-14-7-3-2-6-13(14)15(16,17)18/h2-8,11,19H,9-10H2,1H3. The Morgan fingerprint density at radius 2 is 1.95 bits per heavy atom. The summed E-state index contributed by atoms with van der Waals surface area (Å²) in [6.45, 7) is 2.62. The van der Waals surface area contributed by atoms with E-state index in [2.05, 4.69) is 5.32 Å². The average molecular weight is 299 g/mol. The first kappa shape index (κ1) is 15.4. The second kappa shape index (κ2) is 6.67. The Hall–Kier alpha value is -1.95. The SMILES string of the molecule is CC(CNCc1ccco1)Oc1ccccc1C(F)(F)F. The van der Waals surface area contributed by atoms with Crippen molar-refractivity contribution in [3.8, 4) is 5.75 Å². The van der Waals surface area contributed by atoms with E-state index >= 15 is 0 Å². The van der Waals surface area contributed by atoms with Gasteiger partial charge in [0.2, 0.25) is 0 Å². The average Bonchev–Trinajstić information content (AvgIpc) is 2.91. The summed E-state index contributed by atoms with van der Waals surface area (Å²) in [7, 11) is 0. The van der Waals surface area contributed by atoms with Crippen LogP contribution < -0.4 is 10.1 Å². The van der Waals surface area contributed by atoms with Gasteiger partial charge >= 0.3 is 6.18 Å². The Kier molecular flexibility index (Phi) is 4.90. The second-order valence-electron chi connectivity index (χ2n) is 4.63. The van der Waals surface area contributed by atoms with Gasteiger partial charge in [0.05, 0.1) is 18.4 Å². The van der Waals surface area contributed by atoms with Crippen LogP contribution in [0, 0.1) is 0 Å². The third-order valence-electron chi connectivity index (χ3n) is 2.83. The van der Waals surface area contributed by atoms with Gasteiger partial charge in [0.1, 0.15) is 17.6 Å². The van der Waals surface area contributed by atoms with Crippen LogP contribution in [0.3, 0.4) is 0 Å². The molecule has 0 bridgehead atoms. The summed E-state index contributed by atoms with van der Waals surface area (Å²) in [5.74, 6) is 0.607. The van der Waals surface area contributed by atoms with E-state index in [1.165, 1.54) is 18.2 Å². The van der Waals surface area contributed by atoms with Gasteiger partial charge in [-0.15, -0.1) is 0 Å². The third kappa shape index (κ3) is 4.53. The number of ether oxygens (including phenoxy) is 1. The Labute approximate surface area is 120 Å². The maximum atomic E-state index is 12.8. The van der Waals surface area contributed by atoms with Crippen LogP contribution in [0.2, 0.25) is 0 Å². The summed E-state index contributed by atoms with van der Waals surface area (Å²) in [5, 5.41) is 3.07. The molecule has 21 heavy (non-hydrogen) atoms. The summed E-state index contributed by atoms with van der Waals surface area (Å²) in [6.07, 6.45) is -3.25. The molecule has 3 nitrogen and oxygen atoms in total. The molecule has 114 valence electrons. The molecular weight excluding hydrogens is 283 g/mol. The van der Waals surface area contributed by atoms with E-state index in [-0.39, 0.29) is 5.75 Å². The predicted molar refractivity (Wildman–Crippen MR) is 71.9 cm³/mol. The number of benzene rings is 1. The van der Waals surface area contributed by atoms with Gasteiger partial charge < -0.3 is 14.5 Å². The third-order valence-corrected chi connectivity index (χ3v) is 2.83. The molecule has 0 saturated heterocycles. The van der Waals surface area contributed by atoms with E-state index < -0.39 is 17.8 Å². The van der Waals surface area contributed by atoms with Crippen molar-refractivity contribution in [2.24, 2.45) is 0 Å². The number of hydrogen-bond donors (Lipinski definition) is 1. The first-order chi connectivity index (χ1) is 9.97. The Bertz CT molecular complexity index is 552. The molecule has 0 spiro atoms. The van der Waals surface area contributed by atoms with Crippen molar-refractivity contribution in [2.75, 3.05) is 6.54 Å². The van der Waals surface area contributed by atoms with E-state index in [0.29, 0.717) is 13.1 Å². The van der Waals surface area contributed by atoms with Crippen molar-refractivity contribution in [3.05, 3.63) is 54.0 Å². The molecule has 1 atom stereocenters. The van der Waals surface area contributed by atoms with Crippen LogP contribution in [-0.2, 0) is 12.7 Å². The normalized spacial score (nSPS) is 13.1. The van der Waals surface area contributed by atoms with Gasteiger partial charge in [-0.25, -0.2) is 0 Å². The molecular formula is C15H16F3NO2. The topological polar surface area (TPSA) is 34.4 Å². The number of furan rings is 1. The molecule has 0 aliphatic heterocycles. The molecule has 6 heteroatoms. The van der Waals surface area contributed by atoms with Crippen molar-refractivity contribution in [2.45, 2.75) is 25.7 Å². The van der Waals surface area contributed by atoms with Gasteiger partial charge in [0.15, 0.2) is 0 Å². The van der Waals surface area contributed by atoms with Gasteiger partial charge in [-0.3, -0.25) is 0 Å². The molecule has 1 N–H and O–H groups in total. The lowest BCUT2D eigenvalue weighted by molar-refractivity contribution is -0.139. The van der Waals surface area contributed by atoms with Crippen molar-refractivity contribution < 1.29 is 22.3 Å². The Morgan fingerprint density at radius 1 is 1.19 bits per heavy atom. The van der Waals surface area contributed by atoms with Crippen LogP contribution in [0.4, 0.5) is 13.2 Å². The van der Waals surface area contributed by atoms with Crippen LogP contribution >= 0.6 is 0 Å². The van der Waals surface area contributed by atoms with Gasteiger partial charge in [0.25, 0.3) is 0 Å². The lowest BCUT2D eigenvalue weighted by atomic mass is 10.2.